The minimum atomic E-state index is -0.983. The highest BCUT2D eigenvalue weighted by atomic mass is 16.5. The third-order valence-corrected chi connectivity index (χ3v) is 10.4. The molecule has 220 valence electrons. The molecule has 2 aliphatic carbocycles. The number of hydrogen-bond acceptors (Lipinski definition) is 4. The molecule has 4 aromatic carbocycles. The Kier molecular flexibility index (Phi) is 6.91. The molecular weight excluding hydrogens is 530 g/mol. The van der Waals surface area contributed by atoms with Crippen molar-refractivity contribution in [3.63, 3.8) is 0 Å². The Morgan fingerprint density at radius 3 is 1.21 bits per heavy atom. The second kappa shape index (κ2) is 9.93. The van der Waals surface area contributed by atoms with Gasteiger partial charge in [0, 0.05) is 0 Å². The van der Waals surface area contributed by atoms with Crippen LogP contribution in [0.15, 0.2) is 84.9 Å². The van der Waals surface area contributed by atoms with E-state index in [0.717, 1.165) is 10.9 Å². The van der Waals surface area contributed by atoms with Crippen molar-refractivity contribution < 1.29 is 19.5 Å². The molecule has 1 spiro atoms. The van der Waals surface area contributed by atoms with E-state index in [1.807, 2.05) is 27.7 Å². The van der Waals surface area contributed by atoms with Gasteiger partial charge in [-0.15, -0.1) is 0 Å². The molecule has 2 N–H and O–H groups in total. The molecule has 0 atom stereocenters. The lowest BCUT2D eigenvalue weighted by atomic mass is 9.68. The van der Waals surface area contributed by atoms with Gasteiger partial charge in [-0.05, 0) is 99.9 Å². The highest BCUT2D eigenvalue weighted by Gasteiger charge is 2.52. The lowest BCUT2D eigenvalue weighted by Crippen LogP contribution is -2.49. The van der Waals surface area contributed by atoms with Gasteiger partial charge >= 0.3 is 15.0 Å². The van der Waals surface area contributed by atoms with Crippen LogP contribution in [0.4, 0.5) is 0 Å². The summed E-state index contributed by atoms with van der Waals surface area (Å²) in [5.74, 6) is 0. The summed E-state index contributed by atoms with van der Waals surface area (Å²) in [6.07, 6.45) is 0. The molecule has 0 unspecified atom stereocenters. The molecule has 0 saturated heterocycles. The predicted octanol–water partition coefficient (Wildman–Crippen LogP) is 5.12. The van der Waals surface area contributed by atoms with E-state index in [0.29, 0.717) is 15.0 Å². The number of rotatable bonds is 8. The molecule has 0 amide bonds. The summed E-state index contributed by atoms with van der Waals surface area (Å²) < 4.78 is 12.7. The van der Waals surface area contributed by atoms with E-state index in [1.165, 1.54) is 44.5 Å². The molecule has 0 heterocycles. The number of benzene rings is 4. The van der Waals surface area contributed by atoms with E-state index in [2.05, 4.69) is 84.9 Å². The molecule has 0 bridgehead atoms. The summed E-state index contributed by atoms with van der Waals surface area (Å²) >= 11 is 0. The normalized spacial score (nSPS) is 15.1. The van der Waals surface area contributed by atoms with Crippen molar-refractivity contribution >= 4 is 25.9 Å². The van der Waals surface area contributed by atoms with E-state index in [-0.39, 0.29) is 0 Å². The first-order chi connectivity index (χ1) is 20.1. The van der Waals surface area contributed by atoms with Gasteiger partial charge in [-0.3, -0.25) is 0 Å². The Morgan fingerprint density at radius 1 is 0.488 bits per heavy atom. The van der Waals surface area contributed by atoms with Crippen LogP contribution < -0.4 is 10.9 Å². The zero-order chi connectivity index (χ0) is 31.0. The van der Waals surface area contributed by atoms with Crippen molar-refractivity contribution in [2.24, 2.45) is 0 Å². The highest BCUT2D eigenvalue weighted by Crippen LogP contribution is 2.62. The summed E-state index contributed by atoms with van der Waals surface area (Å²) in [5.41, 5.74) is 8.26. The molecule has 0 aliphatic heterocycles. The van der Waals surface area contributed by atoms with Gasteiger partial charge in [0.2, 0.25) is 0 Å². The largest absolute Gasteiger partial charge is 0.427 e. The Balaban J connectivity index is 1.52. The van der Waals surface area contributed by atoms with E-state index in [1.54, 1.807) is 27.7 Å². The van der Waals surface area contributed by atoms with Gasteiger partial charge < -0.3 is 19.5 Å². The molecule has 6 heteroatoms. The Morgan fingerprint density at radius 2 is 0.837 bits per heavy atom. The van der Waals surface area contributed by atoms with Gasteiger partial charge in [-0.25, -0.2) is 0 Å². The number of aliphatic hydroxyl groups is 2. The topological polar surface area (TPSA) is 58.9 Å². The summed E-state index contributed by atoms with van der Waals surface area (Å²) in [5, 5.41) is 21.4. The molecule has 4 aromatic rings. The van der Waals surface area contributed by atoms with Crippen LogP contribution >= 0.6 is 0 Å². The van der Waals surface area contributed by atoms with Crippen LogP contribution in [0, 0.1) is 0 Å². The van der Waals surface area contributed by atoms with Gasteiger partial charge in [0.25, 0.3) is 0 Å². The lowest BCUT2D eigenvalue weighted by molar-refractivity contribution is -0.0893. The number of hydrogen-bond donors (Lipinski definition) is 2. The molecule has 6 rings (SSSR count). The quantitative estimate of drug-likeness (QED) is 0.249. The van der Waals surface area contributed by atoms with E-state index in [9.17, 15) is 10.2 Å². The van der Waals surface area contributed by atoms with Gasteiger partial charge in [0.15, 0.2) is 0 Å². The maximum absolute atomic E-state index is 10.7. The zero-order valence-electron chi connectivity index (χ0n) is 26.7. The summed E-state index contributed by atoms with van der Waals surface area (Å²) in [4.78, 5) is 0. The average molecular weight is 572 g/mol. The van der Waals surface area contributed by atoms with E-state index < -0.39 is 27.8 Å². The fourth-order valence-corrected chi connectivity index (χ4v) is 6.29. The summed E-state index contributed by atoms with van der Waals surface area (Å²) in [6, 6.07) is 30.9. The van der Waals surface area contributed by atoms with Crippen molar-refractivity contribution in [1.82, 2.24) is 0 Å². The van der Waals surface area contributed by atoms with Crippen LogP contribution in [0.3, 0.4) is 0 Å². The Hall–Kier alpha value is -3.15. The van der Waals surface area contributed by atoms with Crippen LogP contribution in [0.2, 0.25) is 0 Å². The molecule has 2 aliphatic rings. The lowest BCUT2D eigenvalue weighted by Gasteiger charge is -2.38. The second-order valence-corrected chi connectivity index (χ2v) is 14.3. The first kappa shape index (κ1) is 29.9. The molecule has 0 aromatic heterocycles. The summed E-state index contributed by atoms with van der Waals surface area (Å²) in [7, 11) is 0.788. The minimum absolute atomic E-state index is 0.394. The molecule has 0 radical (unpaired) electrons. The van der Waals surface area contributed by atoms with E-state index in [4.69, 9.17) is 9.31 Å². The van der Waals surface area contributed by atoms with Gasteiger partial charge in [-0.2, -0.15) is 0 Å². The smallest absolute Gasteiger partial charge is 0.309 e. The van der Waals surface area contributed by atoms with Crippen molar-refractivity contribution in [2.75, 3.05) is 0 Å². The molecule has 43 heavy (non-hydrogen) atoms. The standard InChI is InChI=1S/C37H42B2O4/c1-33(2,40)35(5,6)42-38-23-17-19-27-25-13-9-11-15-29(25)37(31(27)21-23)30-16-12-10-14-26(30)28-20-18-24(22-32(28)37)39-43-36(7,8)34(3,4)41/h9-22,38-41H,1-8H3. The van der Waals surface area contributed by atoms with E-state index >= 15 is 0 Å². The van der Waals surface area contributed by atoms with Crippen LogP contribution in [0.25, 0.3) is 22.3 Å². The third kappa shape index (κ3) is 4.62. The SMILES string of the molecule is CC(C)(O)C(C)(C)OBc1ccc2c(c1)C1(c3ccccc3-2)c2ccccc2-c2ccc(BOC(C)(C)C(C)(C)O)cc21. The maximum atomic E-state index is 10.7. The fraction of sp³-hybridized carbons (Fsp3) is 0.351. The van der Waals surface area contributed by atoms with Gasteiger partial charge in [-0.1, -0.05) is 95.9 Å². The Labute approximate surface area is 257 Å². The van der Waals surface area contributed by atoms with Gasteiger partial charge in [0.05, 0.1) is 27.8 Å². The molecule has 0 fully saturated rings. The molecule has 4 nitrogen and oxygen atoms in total. The monoisotopic (exact) mass is 572 g/mol. The van der Waals surface area contributed by atoms with Crippen LogP contribution in [-0.2, 0) is 14.7 Å². The van der Waals surface area contributed by atoms with Crippen LogP contribution in [0.1, 0.15) is 77.6 Å². The van der Waals surface area contributed by atoms with Crippen LogP contribution in [0.5, 0.6) is 0 Å². The van der Waals surface area contributed by atoms with Crippen molar-refractivity contribution in [2.45, 2.75) is 83.2 Å². The third-order valence-electron chi connectivity index (χ3n) is 10.4. The fourth-order valence-electron chi connectivity index (χ4n) is 6.29. The molecular formula is C37H42B2O4. The maximum Gasteiger partial charge on any atom is 0.309 e. The van der Waals surface area contributed by atoms with Gasteiger partial charge in [0.1, 0.15) is 0 Å². The first-order valence-electron chi connectivity index (χ1n) is 15.3. The van der Waals surface area contributed by atoms with Crippen molar-refractivity contribution in [3.8, 4) is 22.3 Å². The van der Waals surface area contributed by atoms with Crippen molar-refractivity contribution in [3.05, 3.63) is 107 Å². The number of fused-ring (bicyclic) bond motifs is 10. The first-order valence-corrected chi connectivity index (χ1v) is 15.3. The zero-order valence-corrected chi connectivity index (χ0v) is 26.7. The predicted molar refractivity (Wildman–Crippen MR) is 179 cm³/mol. The minimum Gasteiger partial charge on any atom is -0.427 e. The Bertz CT molecular complexity index is 1580. The summed E-state index contributed by atoms with van der Waals surface area (Å²) in [6.45, 7) is 14.9. The highest BCUT2D eigenvalue weighted by molar-refractivity contribution is 6.47. The average Bonchev–Trinajstić information content (AvgIpc) is 3.40. The van der Waals surface area contributed by atoms with Crippen molar-refractivity contribution in [1.29, 1.82) is 0 Å². The molecule has 0 saturated carbocycles. The van der Waals surface area contributed by atoms with Crippen LogP contribution in [-0.4, -0.2) is 47.6 Å². The second-order valence-electron chi connectivity index (χ2n) is 14.3.